The van der Waals surface area contributed by atoms with Gasteiger partial charge in [-0.2, -0.15) is 0 Å². The zero-order valence-corrected chi connectivity index (χ0v) is 8.95. The molecule has 64 valence electrons. The summed E-state index contributed by atoms with van der Waals surface area (Å²) in [4.78, 5) is 11.1. The summed E-state index contributed by atoms with van der Waals surface area (Å²) in [5.41, 5.74) is 1.72. The van der Waals surface area contributed by atoms with Crippen molar-refractivity contribution in [2.24, 2.45) is 0 Å². The minimum atomic E-state index is -0.0349. The molecule has 1 nitrogen and oxygen atoms in total. The van der Waals surface area contributed by atoms with Crippen LogP contribution in [0.2, 0.25) is 0 Å². The van der Waals surface area contributed by atoms with E-state index in [9.17, 15) is 4.79 Å². The van der Waals surface area contributed by atoms with Gasteiger partial charge in [0.25, 0.3) is 0 Å². The largest absolute Gasteiger partial charge is 0.293 e. The van der Waals surface area contributed by atoms with Crippen molar-refractivity contribution in [1.29, 1.82) is 0 Å². The molecule has 0 atom stereocenters. The maximum Gasteiger partial charge on any atom is 0.177 e. The molecule has 0 spiro atoms. The molecule has 0 unspecified atom stereocenters. The number of ketones is 1. The average molecular weight is 248 g/mol. The molecule has 0 heterocycles. The Hall–Kier alpha value is -0.340. The summed E-state index contributed by atoms with van der Waals surface area (Å²) >= 11 is 8.77. The van der Waals surface area contributed by atoms with Crippen LogP contribution in [0, 0.1) is 6.92 Å². The smallest absolute Gasteiger partial charge is 0.177 e. The van der Waals surface area contributed by atoms with Gasteiger partial charge in [0.05, 0.1) is 5.88 Å². The van der Waals surface area contributed by atoms with Crippen LogP contribution in [0.3, 0.4) is 0 Å². The molecular formula is C9H8BrClO. The van der Waals surface area contributed by atoms with Gasteiger partial charge in [-0.05, 0) is 24.6 Å². The molecule has 0 amide bonds. The van der Waals surface area contributed by atoms with Gasteiger partial charge in [0.2, 0.25) is 0 Å². The van der Waals surface area contributed by atoms with Crippen LogP contribution < -0.4 is 0 Å². The lowest BCUT2D eigenvalue weighted by atomic mass is 10.1. The molecule has 0 aliphatic carbocycles. The van der Waals surface area contributed by atoms with Crippen LogP contribution in [-0.4, -0.2) is 11.7 Å². The molecule has 0 N–H and O–H groups in total. The zero-order valence-electron chi connectivity index (χ0n) is 6.60. The molecule has 0 saturated heterocycles. The number of Topliss-reactive ketones (excluding diaryl/α,β-unsaturated/α-hetero) is 1. The Labute approximate surface area is 84.9 Å². The lowest BCUT2D eigenvalue weighted by Gasteiger charge is -2.00. The maximum absolute atomic E-state index is 11.1. The first kappa shape index (κ1) is 9.75. The van der Waals surface area contributed by atoms with Crippen molar-refractivity contribution >= 4 is 33.3 Å². The van der Waals surface area contributed by atoms with E-state index in [2.05, 4.69) is 15.9 Å². The summed E-state index contributed by atoms with van der Waals surface area (Å²) in [5, 5.41) is 0. The van der Waals surface area contributed by atoms with Gasteiger partial charge in [-0.1, -0.05) is 22.0 Å². The Balaban J connectivity index is 3.05. The Morgan fingerprint density at radius 3 is 2.75 bits per heavy atom. The highest BCUT2D eigenvalue weighted by atomic mass is 79.9. The molecule has 0 fully saturated rings. The predicted octanol–water partition coefficient (Wildman–Crippen LogP) is 3.18. The summed E-state index contributed by atoms with van der Waals surface area (Å²) in [5.74, 6) is 0.00779. The van der Waals surface area contributed by atoms with E-state index < -0.39 is 0 Å². The molecule has 0 aliphatic rings. The number of carbonyl (C=O) groups is 1. The van der Waals surface area contributed by atoms with E-state index in [1.165, 1.54) is 0 Å². The highest BCUT2D eigenvalue weighted by Gasteiger charge is 2.04. The van der Waals surface area contributed by atoms with Gasteiger partial charge in [0, 0.05) is 10.0 Å². The van der Waals surface area contributed by atoms with Crippen LogP contribution in [0.15, 0.2) is 22.7 Å². The number of aryl methyl sites for hydroxylation is 1. The number of rotatable bonds is 2. The van der Waals surface area contributed by atoms with E-state index in [1.807, 2.05) is 19.1 Å². The molecule has 0 aliphatic heterocycles. The molecule has 12 heavy (non-hydrogen) atoms. The summed E-state index contributed by atoms with van der Waals surface area (Å²) in [6.45, 7) is 1.94. The Morgan fingerprint density at radius 2 is 2.25 bits per heavy atom. The molecule has 1 aromatic carbocycles. The SMILES string of the molecule is Cc1cc(C(=O)CCl)ccc1Br. The Bertz CT molecular complexity index is 309. The fourth-order valence-corrected chi connectivity index (χ4v) is 1.30. The van der Waals surface area contributed by atoms with Crippen LogP contribution in [-0.2, 0) is 0 Å². The average Bonchev–Trinajstić information content (AvgIpc) is 2.08. The van der Waals surface area contributed by atoms with E-state index in [4.69, 9.17) is 11.6 Å². The van der Waals surface area contributed by atoms with Crippen molar-refractivity contribution in [2.45, 2.75) is 6.92 Å². The van der Waals surface area contributed by atoms with Crippen LogP contribution in [0.5, 0.6) is 0 Å². The molecule has 3 heteroatoms. The van der Waals surface area contributed by atoms with Gasteiger partial charge >= 0.3 is 0 Å². The van der Waals surface area contributed by atoms with Crippen molar-refractivity contribution in [1.82, 2.24) is 0 Å². The third-order valence-corrected chi connectivity index (χ3v) is 2.73. The van der Waals surface area contributed by atoms with Crippen LogP contribution >= 0.6 is 27.5 Å². The lowest BCUT2D eigenvalue weighted by molar-refractivity contribution is 0.102. The monoisotopic (exact) mass is 246 g/mol. The molecular weight excluding hydrogens is 239 g/mol. The molecule has 0 radical (unpaired) electrons. The highest BCUT2D eigenvalue weighted by Crippen LogP contribution is 2.17. The quantitative estimate of drug-likeness (QED) is 0.579. The van der Waals surface area contributed by atoms with Gasteiger partial charge in [-0.3, -0.25) is 4.79 Å². The van der Waals surface area contributed by atoms with Gasteiger partial charge < -0.3 is 0 Å². The number of halogens is 2. The summed E-state index contributed by atoms with van der Waals surface area (Å²) in [7, 11) is 0. The summed E-state index contributed by atoms with van der Waals surface area (Å²) < 4.78 is 1.01. The van der Waals surface area contributed by atoms with Crippen LogP contribution in [0.25, 0.3) is 0 Å². The van der Waals surface area contributed by atoms with Gasteiger partial charge in [-0.25, -0.2) is 0 Å². The van der Waals surface area contributed by atoms with E-state index in [1.54, 1.807) is 6.07 Å². The first-order valence-electron chi connectivity index (χ1n) is 3.50. The summed E-state index contributed by atoms with van der Waals surface area (Å²) in [6, 6.07) is 5.45. The fraction of sp³-hybridized carbons (Fsp3) is 0.222. The second-order valence-electron chi connectivity index (χ2n) is 2.52. The van der Waals surface area contributed by atoms with E-state index in [0.717, 1.165) is 10.0 Å². The second-order valence-corrected chi connectivity index (χ2v) is 3.64. The van der Waals surface area contributed by atoms with Crippen LogP contribution in [0.1, 0.15) is 15.9 Å². The Morgan fingerprint density at radius 1 is 1.58 bits per heavy atom. The van der Waals surface area contributed by atoms with Crippen molar-refractivity contribution in [3.63, 3.8) is 0 Å². The van der Waals surface area contributed by atoms with Crippen LogP contribution in [0.4, 0.5) is 0 Å². The number of hydrogen-bond donors (Lipinski definition) is 0. The molecule has 0 bridgehead atoms. The fourth-order valence-electron chi connectivity index (χ4n) is 0.895. The number of hydrogen-bond acceptors (Lipinski definition) is 1. The lowest BCUT2D eigenvalue weighted by Crippen LogP contribution is -2.00. The number of carbonyl (C=O) groups excluding carboxylic acids is 1. The van der Waals surface area contributed by atoms with Gasteiger partial charge in [-0.15, -0.1) is 11.6 Å². The maximum atomic E-state index is 11.1. The molecule has 1 rings (SSSR count). The van der Waals surface area contributed by atoms with Crippen molar-refractivity contribution in [3.05, 3.63) is 33.8 Å². The third kappa shape index (κ3) is 2.08. The normalized spacial score (nSPS) is 9.92. The standard InChI is InChI=1S/C9H8BrClO/c1-6-4-7(9(12)5-11)2-3-8(6)10/h2-4H,5H2,1H3. The van der Waals surface area contributed by atoms with Gasteiger partial charge in [0.1, 0.15) is 0 Å². The molecule has 0 aromatic heterocycles. The Kier molecular flexibility index (Phi) is 3.29. The van der Waals surface area contributed by atoms with Crippen molar-refractivity contribution in [3.8, 4) is 0 Å². The minimum Gasteiger partial charge on any atom is -0.293 e. The number of benzene rings is 1. The molecule has 1 aromatic rings. The van der Waals surface area contributed by atoms with E-state index in [0.29, 0.717) is 5.56 Å². The zero-order chi connectivity index (χ0) is 9.14. The minimum absolute atomic E-state index is 0.0349. The van der Waals surface area contributed by atoms with Crippen molar-refractivity contribution < 1.29 is 4.79 Å². The summed E-state index contributed by atoms with van der Waals surface area (Å²) in [6.07, 6.45) is 0. The topological polar surface area (TPSA) is 17.1 Å². The molecule has 0 saturated carbocycles. The van der Waals surface area contributed by atoms with E-state index in [-0.39, 0.29) is 11.7 Å². The second kappa shape index (κ2) is 4.06. The van der Waals surface area contributed by atoms with Gasteiger partial charge in [0.15, 0.2) is 5.78 Å². The first-order chi connectivity index (χ1) is 5.65. The van der Waals surface area contributed by atoms with E-state index >= 15 is 0 Å². The highest BCUT2D eigenvalue weighted by molar-refractivity contribution is 9.10. The first-order valence-corrected chi connectivity index (χ1v) is 4.83. The third-order valence-electron chi connectivity index (χ3n) is 1.60. The van der Waals surface area contributed by atoms with Crippen molar-refractivity contribution in [2.75, 3.05) is 5.88 Å². The predicted molar refractivity (Wildman–Crippen MR) is 53.9 cm³/mol. The number of alkyl halides is 1.